The molecule has 126 valence electrons. The molecule has 24 heavy (non-hydrogen) atoms. The molecule has 0 aromatic heterocycles. The lowest BCUT2D eigenvalue weighted by Crippen LogP contribution is -2.43. The number of nitrogens with two attached hydrogens (primary N) is 1. The first kappa shape index (κ1) is 17.5. The van der Waals surface area contributed by atoms with Crippen LogP contribution in [0.2, 0.25) is 0 Å². The van der Waals surface area contributed by atoms with Crippen molar-refractivity contribution in [2.75, 3.05) is 11.9 Å². The smallest absolute Gasteiger partial charge is 0.332 e. The first-order valence-corrected chi connectivity index (χ1v) is 7.60. The van der Waals surface area contributed by atoms with Crippen molar-refractivity contribution in [3.8, 4) is 5.75 Å². The Morgan fingerprint density at radius 2 is 1.75 bits per heavy atom. The average molecular weight is 328 g/mol. The number of benzene rings is 2. The van der Waals surface area contributed by atoms with E-state index in [1.807, 2.05) is 30.3 Å². The minimum atomic E-state index is -1.35. The van der Waals surface area contributed by atoms with Gasteiger partial charge in [-0.15, -0.1) is 0 Å². The van der Waals surface area contributed by atoms with Crippen LogP contribution >= 0.6 is 0 Å². The minimum absolute atomic E-state index is 0.174. The summed E-state index contributed by atoms with van der Waals surface area (Å²) >= 11 is 0. The Hall–Kier alpha value is -2.86. The highest BCUT2D eigenvalue weighted by Crippen LogP contribution is 2.17. The Balaban J connectivity index is 1.87. The van der Waals surface area contributed by atoms with Gasteiger partial charge in [-0.1, -0.05) is 30.3 Å². The Labute approximate surface area is 140 Å². The van der Waals surface area contributed by atoms with E-state index in [9.17, 15) is 9.59 Å². The highest BCUT2D eigenvalue weighted by molar-refractivity contribution is 6.08. The molecular weight excluding hydrogens is 308 g/mol. The molecule has 6 heteroatoms. The number of hydrogen-bond acceptors (Lipinski definition) is 5. The van der Waals surface area contributed by atoms with Crippen LogP contribution in [-0.4, -0.2) is 24.5 Å². The standard InChI is InChI=1S/C18H20N2O4/c1-2-23-18(22)16(19)17(21)20-14-8-10-15(11-9-14)24-12-13-6-4-3-5-7-13/h3-11,16H,2,12,19H2,1H3,(H,20,21). The zero-order valence-electron chi connectivity index (χ0n) is 13.4. The number of hydrogen-bond donors (Lipinski definition) is 2. The Kier molecular flexibility index (Phi) is 6.33. The van der Waals surface area contributed by atoms with Gasteiger partial charge >= 0.3 is 5.97 Å². The Morgan fingerprint density at radius 1 is 1.08 bits per heavy atom. The number of carbonyl (C=O) groups is 2. The number of anilines is 1. The van der Waals surface area contributed by atoms with E-state index in [2.05, 4.69) is 5.32 Å². The summed E-state index contributed by atoms with van der Waals surface area (Å²) in [7, 11) is 0. The van der Waals surface area contributed by atoms with Gasteiger partial charge in [-0.2, -0.15) is 0 Å². The molecule has 2 aromatic carbocycles. The predicted octanol–water partition coefficient (Wildman–Crippen LogP) is 2.09. The van der Waals surface area contributed by atoms with Crippen molar-refractivity contribution >= 4 is 17.6 Å². The van der Waals surface area contributed by atoms with Crippen molar-refractivity contribution in [1.29, 1.82) is 0 Å². The van der Waals surface area contributed by atoms with Crippen LogP contribution in [0.15, 0.2) is 54.6 Å². The molecule has 0 radical (unpaired) electrons. The summed E-state index contributed by atoms with van der Waals surface area (Å²) in [5.41, 5.74) is 7.11. The van der Waals surface area contributed by atoms with E-state index in [1.165, 1.54) is 0 Å². The van der Waals surface area contributed by atoms with Gasteiger partial charge in [0.1, 0.15) is 12.4 Å². The molecule has 6 nitrogen and oxygen atoms in total. The van der Waals surface area contributed by atoms with Crippen molar-refractivity contribution in [3.05, 3.63) is 60.2 Å². The molecule has 1 amide bonds. The maximum absolute atomic E-state index is 11.9. The number of esters is 1. The molecule has 3 N–H and O–H groups in total. The molecule has 1 atom stereocenters. The monoisotopic (exact) mass is 328 g/mol. The first-order valence-electron chi connectivity index (χ1n) is 7.60. The Morgan fingerprint density at radius 3 is 2.38 bits per heavy atom. The van der Waals surface area contributed by atoms with Gasteiger partial charge in [0.15, 0.2) is 6.04 Å². The van der Waals surface area contributed by atoms with Gasteiger partial charge in [0.25, 0.3) is 5.91 Å². The highest BCUT2D eigenvalue weighted by Gasteiger charge is 2.23. The molecule has 0 heterocycles. The lowest BCUT2D eigenvalue weighted by atomic mass is 10.2. The number of amides is 1. The summed E-state index contributed by atoms with van der Waals surface area (Å²) in [6, 6.07) is 15.3. The zero-order valence-corrected chi connectivity index (χ0v) is 13.4. The normalized spacial score (nSPS) is 11.4. The zero-order chi connectivity index (χ0) is 17.4. The Bertz CT molecular complexity index is 671. The van der Waals surface area contributed by atoms with Gasteiger partial charge in [0.2, 0.25) is 0 Å². The van der Waals surface area contributed by atoms with Crippen molar-refractivity contribution in [2.45, 2.75) is 19.6 Å². The number of ether oxygens (including phenoxy) is 2. The second kappa shape index (κ2) is 8.69. The maximum Gasteiger partial charge on any atom is 0.332 e. The van der Waals surface area contributed by atoms with Gasteiger partial charge in [-0.05, 0) is 36.8 Å². The quantitative estimate of drug-likeness (QED) is 0.600. The van der Waals surface area contributed by atoms with Crippen molar-refractivity contribution in [1.82, 2.24) is 0 Å². The van der Waals surface area contributed by atoms with Crippen molar-refractivity contribution < 1.29 is 19.1 Å². The lowest BCUT2D eigenvalue weighted by molar-refractivity contribution is -0.146. The van der Waals surface area contributed by atoms with Gasteiger partial charge in [0, 0.05) is 5.69 Å². The minimum Gasteiger partial charge on any atom is -0.489 e. The van der Waals surface area contributed by atoms with E-state index in [-0.39, 0.29) is 6.61 Å². The van der Waals surface area contributed by atoms with Crippen LogP contribution in [0, 0.1) is 0 Å². The highest BCUT2D eigenvalue weighted by atomic mass is 16.5. The van der Waals surface area contributed by atoms with E-state index in [4.69, 9.17) is 15.2 Å². The molecule has 2 aromatic rings. The van der Waals surface area contributed by atoms with Crippen LogP contribution in [0.25, 0.3) is 0 Å². The summed E-state index contributed by atoms with van der Waals surface area (Å²) < 4.78 is 10.4. The molecule has 0 aliphatic rings. The van der Waals surface area contributed by atoms with Crippen LogP contribution in [0.1, 0.15) is 12.5 Å². The summed E-state index contributed by atoms with van der Waals surface area (Å²) in [6.45, 7) is 2.28. The fourth-order valence-electron chi connectivity index (χ4n) is 1.93. The number of nitrogens with one attached hydrogen (secondary N) is 1. The van der Waals surface area contributed by atoms with Crippen LogP contribution in [-0.2, 0) is 20.9 Å². The number of carbonyl (C=O) groups excluding carboxylic acids is 2. The maximum atomic E-state index is 11.9. The molecular formula is C18H20N2O4. The van der Waals surface area contributed by atoms with Crippen LogP contribution in [0.5, 0.6) is 5.75 Å². The van der Waals surface area contributed by atoms with Gasteiger partial charge < -0.3 is 20.5 Å². The molecule has 1 unspecified atom stereocenters. The van der Waals surface area contributed by atoms with E-state index < -0.39 is 17.9 Å². The summed E-state index contributed by atoms with van der Waals surface area (Å²) in [6.07, 6.45) is 0. The molecule has 2 rings (SSSR count). The van der Waals surface area contributed by atoms with Crippen LogP contribution in [0.3, 0.4) is 0 Å². The molecule has 0 aliphatic carbocycles. The van der Waals surface area contributed by atoms with E-state index in [1.54, 1.807) is 31.2 Å². The fourth-order valence-corrected chi connectivity index (χ4v) is 1.93. The van der Waals surface area contributed by atoms with Gasteiger partial charge in [-0.25, -0.2) is 4.79 Å². The molecule has 0 saturated carbocycles. The first-order chi connectivity index (χ1) is 11.6. The lowest BCUT2D eigenvalue weighted by Gasteiger charge is -2.12. The molecule has 0 bridgehead atoms. The summed E-state index contributed by atoms with van der Waals surface area (Å²) in [5.74, 6) is -0.698. The second-order valence-corrected chi connectivity index (χ2v) is 5.02. The topological polar surface area (TPSA) is 90.7 Å². The SMILES string of the molecule is CCOC(=O)C(N)C(=O)Nc1ccc(OCc2ccccc2)cc1. The summed E-state index contributed by atoms with van der Waals surface area (Å²) in [4.78, 5) is 23.3. The van der Waals surface area contributed by atoms with E-state index >= 15 is 0 Å². The number of rotatable bonds is 7. The van der Waals surface area contributed by atoms with Gasteiger partial charge in [0.05, 0.1) is 6.61 Å². The van der Waals surface area contributed by atoms with Gasteiger partial charge in [-0.3, -0.25) is 4.79 Å². The largest absolute Gasteiger partial charge is 0.489 e. The summed E-state index contributed by atoms with van der Waals surface area (Å²) in [5, 5.41) is 2.56. The van der Waals surface area contributed by atoms with E-state index in [0.717, 1.165) is 5.56 Å². The third kappa shape index (κ3) is 5.10. The van der Waals surface area contributed by atoms with Crippen molar-refractivity contribution in [3.63, 3.8) is 0 Å². The molecule has 0 aliphatic heterocycles. The second-order valence-electron chi connectivity index (χ2n) is 5.02. The molecule has 0 fully saturated rings. The average Bonchev–Trinajstić information content (AvgIpc) is 2.61. The van der Waals surface area contributed by atoms with Crippen LogP contribution < -0.4 is 15.8 Å². The molecule has 0 saturated heterocycles. The van der Waals surface area contributed by atoms with Crippen LogP contribution in [0.4, 0.5) is 5.69 Å². The third-order valence-corrected chi connectivity index (χ3v) is 3.19. The third-order valence-electron chi connectivity index (χ3n) is 3.19. The predicted molar refractivity (Wildman–Crippen MR) is 90.5 cm³/mol. The molecule has 0 spiro atoms. The van der Waals surface area contributed by atoms with Crippen molar-refractivity contribution in [2.24, 2.45) is 5.73 Å². The van der Waals surface area contributed by atoms with E-state index in [0.29, 0.717) is 18.0 Å². The fraction of sp³-hybridized carbons (Fsp3) is 0.222.